The van der Waals surface area contributed by atoms with E-state index < -0.39 is 0 Å². The first-order valence-corrected chi connectivity index (χ1v) is 7.16. The summed E-state index contributed by atoms with van der Waals surface area (Å²) in [6.45, 7) is 1.95. The van der Waals surface area contributed by atoms with Crippen molar-refractivity contribution in [3.63, 3.8) is 0 Å². The Labute approximate surface area is 131 Å². The van der Waals surface area contributed by atoms with Gasteiger partial charge in [0.25, 0.3) is 0 Å². The van der Waals surface area contributed by atoms with Crippen LogP contribution in [0.2, 0.25) is 5.02 Å². The second-order valence-corrected chi connectivity index (χ2v) is 5.72. The molecule has 0 aliphatic heterocycles. The fraction of sp³-hybridized carbons (Fsp3) is 0.133. The standard InChI is InChI=1S/C15H13BrClN3/c1-9-6-12(16)15(8-13(9)17)20-11-2-3-14(19)10(7-11)4-5-18/h2-3,6-8,20H,4,19H2,1H3. The zero-order chi connectivity index (χ0) is 14.7. The SMILES string of the molecule is Cc1cc(Br)c(Nc2ccc(N)c(CC#N)c2)cc1Cl. The number of nitrogens with two attached hydrogens (primary N) is 1. The van der Waals surface area contributed by atoms with Crippen LogP contribution < -0.4 is 11.1 Å². The minimum absolute atomic E-state index is 0.289. The van der Waals surface area contributed by atoms with E-state index in [1.807, 2.05) is 31.2 Å². The average molecular weight is 351 g/mol. The van der Waals surface area contributed by atoms with Gasteiger partial charge in [-0.1, -0.05) is 11.6 Å². The summed E-state index contributed by atoms with van der Waals surface area (Å²) in [6.07, 6.45) is 0.289. The number of nitrogen functional groups attached to an aromatic ring is 1. The van der Waals surface area contributed by atoms with Crippen molar-refractivity contribution in [3.8, 4) is 6.07 Å². The molecule has 0 atom stereocenters. The highest BCUT2D eigenvalue weighted by atomic mass is 79.9. The number of anilines is 3. The monoisotopic (exact) mass is 349 g/mol. The van der Waals surface area contributed by atoms with Crippen molar-refractivity contribution in [2.45, 2.75) is 13.3 Å². The number of benzene rings is 2. The molecule has 0 spiro atoms. The van der Waals surface area contributed by atoms with Gasteiger partial charge >= 0.3 is 0 Å². The van der Waals surface area contributed by atoms with Crippen LogP contribution in [-0.4, -0.2) is 0 Å². The quantitative estimate of drug-likeness (QED) is 0.781. The van der Waals surface area contributed by atoms with Gasteiger partial charge in [0.15, 0.2) is 0 Å². The van der Waals surface area contributed by atoms with E-state index in [2.05, 4.69) is 27.3 Å². The molecule has 20 heavy (non-hydrogen) atoms. The Morgan fingerprint density at radius 3 is 2.80 bits per heavy atom. The summed E-state index contributed by atoms with van der Waals surface area (Å²) in [5, 5.41) is 12.8. The van der Waals surface area contributed by atoms with E-state index in [-0.39, 0.29) is 6.42 Å². The number of rotatable bonds is 3. The first kappa shape index (κ1) is 14.7. The molecule has 2 aromatic carbocycles. The number of halogens is 2. The average Bonchev–Trinajstić information content (AvgIpc) is 2.40. The summed E-state index contributed by atoms with van der Waals surface area (Å²) in [6, 6.07) is 11.5. The number of aryl methyl sites for hydroxylation is 1. The molecular formula is C15H13BrClN3. The third-order valence-corrected chi connectivity index (χ3v) is 4.00. The second kappa shape index (κ2) is 6.17. The number of nitrogens with one attached hydrogen (secondary N) is 1. The molecule has 2 rings (SSSR count). The van der Waals surface area contributed by atoms with Crippen LogP contribution in [0.5, 0.6) is 0 Å². The van der Waals surface area contributed by atoms with Crippen molar-refractivity contribution in [2.24, 2.45) is 0 Å². The molecule has 0 bridgehead atoms. The van der Waals surface area contributed by atoms with Gasteiger partial charge in [-0.05, 0) is 64.3 Å². The molecule has 0 heterocycles. The summed E-state index contributed by atoms with van der Waals surface area (Å²) in [4.78, 5) is 0. The van der Waals surface area contributed by atoms with Gasteiger partial charge in [-0.15, -0.1) is 0 Å². The summed E-state index contributed by atoms with van der Waals surface area (Å²) in [7, 11) is 0. The van der Waals surface area contributed by atoms with Crippen molar-refractivity contribution in [1.82, 2.24) is 0 Å². The third kappa shape index (κ3) is 3.24. The lowest BCUT2D eigenvalue weighted by atomic mass is 10.1. The molecule has 0 saturated carbocycles. The molecule has 0 amide bonds. The molecule has 0 radical (unpaired) electrons. The van der Waals surface area contributed by atoms with Crippen LogP contribution in [0.25, 0.3) is 0 Å². The summed E-state index contributed by atoms with van der Waals surface area (Å²) < 4.78 is 0.929. The molecule has 0 unspecified atom stereocenters. The van der Waals surface area contributed by atoms with Crippen LogP contribution in [0.4, 0.5) is 17.1 Å². The maximum Gasteiger partial charge on any atom is 0.0670 e. The van der Waals surface area contributed by atoms with Crippen molar-refractivity contribution in [1.29, 1.82) is 5.26 Å². The normalized spacial score (nSPS) is 10.1. The Balaban J connectivity index is 2.33. The lowest BCUT2D eigenvalue weighted by molar-refractivity contribution is 1.26. The third-order valence-electron chi connectivity index (χ3n) is 2.94. The molecule has 0 fully saturated rings. The largest absolute Gasteiger partial charge is 0.398 e. The fourth-order valence-electron chi connectivity index (χ4n) is 1.82. The molecule has 3 nitrogen and oxygen atoms in total. The summed E-state index contributed by atoms with van der Waals surface area (Å²) in [5.74, 6) is 0. The van der Waals surface area contributed by atoms with Crippen molar-refractivity contribution in [3.05, 3.63) is 51.0 Å². The van der Waals surface area contributed by atoms with Gasteiger partial charge in [-0.25, -0.2) is 0 Å². The van der Waals surface area contributed by atoms with Gasteiger partial charge in [0.1, 0.15) is 0 Å². The highest BCUT2D eigenvalue weighted by molar-refractivity contribution is 9.10. The van der Waals surface area contributed by atoms with E-state index in [1.165, 1.54) is 0 Å². The maximum absolute atomic E-state index is 8.78. The zero-order valence-electron chi connectivity index (χ0n) is 10.9. The Hall–Kier alpha value is -1.70. The van der Waals surface area contributed by atoms with E-state index in [0.29, 0.717) is 10.7 Å². The van der Waals surface area contributed by atoms with E-state index >= 15 is 0 Å². The Bertz CT molecular complexity index is 692. The smallest absolute Gasteiger partial charge is 0.0670 e. The fourth-order valence-corrected chi connectivity index (χ4v) is 2.54. The molecule has 102 valence electrons. The second-order valence-electron chi connectivity index (χ2n) is 4.45. The lowest BCUT2D eigenvalue weighted by Crippen LogP contribution is -1.97. The van der Waals surface area contributed by atoms with E-state index in [9.17, 15) is 0 Å². The minimum atomic E-state index is 0.289. The molecular weight excluding hydrogens is 338 g/mol. The Morgan fingerprint density at radius 1 is 1.35 bits per heavy atom. The summed E-state index contributed by atoms with van der Waals surface area (Å²) in [5.41, 5.74) is 10.0. The van der Waals surface area contributed by atoms with Gasteiger partial charge < -0.3 is 11.1 Å². The highest BCUT2D eigenvalue weighted by Crippen LogP contribution is 2.32. The van der Waals surface area contributed by atoms with Gasteiger partial charge in [0, 0.05) is 20.9 Å². The van der Waals surface area contributed by atoms with Crippen LogP contribution in [0, 0.1) is 18.3 Å². The van der Waals surface area contributed by atoms with E-state index in [4.69, 9.17) is 22.6 Å². The van der Waals surface area contributed by atoms with Crippen molar-refractivity contribution < 1.29 is 0 Å². The molecule has 0 aliphatic carbocycles. The van der Waals surface area contributed by atoms with E-state index in [0.717, 1.165) is 27.0 Å². The van der Waals surface area contributed by atoms with Crippen LogP contribution in [0.15, 0.2) is 34.8 Å². The van der Waals surface area contributed by atoms with Crippen LogP contribution in [-0.2, 0) is 6.42 Å². The van der Waals surface area contributed by atoms with Gasteiger partial charge in [-0.3, -0.25) is 0 Å². The molecule has 0 aliphatic rings. The number of hydrogen-bond acceptors (Lipinski definition) is 3. The first-order valence-electron chi connectivity index (χ1n) is 5.99. The number of nitrogens with zero attached hydrogens (tertiary/aromatic N) is 1. The topological polar surface area (TPSA) is 61.8 Å². The van der Waals surface area contributed by atoms with Crippen LogP contribution in [0.3, 0.4) is 0 Å². The van der Waals surface area contributed by atoms with Crippen LogP contribution >= 0.6 is 27.5 Å². The van der Waals surface area contributed by atoms with Gasteiger partial charge in [0.05, 0.1) is 18.2 Å². The van der Waals surface area contributed by atoms with Crippen LogP contribution in [0.1, 0.15) is 11.1 Å². The molecule has 0 saturated heterocycles. The van der Waals surface area contributed by atoms with E-state index in [1.54, 1.807) is 6.07 Å². The van der Waals surface area contributed by atoms with Crippen molar-refractivity contribution in [2.75, 3.05) is 11.1 Å². The lowest BCUT2D eigenvalue weighted by Gasteiger charge is -2.12. The summed E-state index contributed by atoms with van der Waals surface area (Å²) >= 11 is 9.64. The Morgan fingerprint density at radius 2 is 2.10 bits per heavy atom. The predicted molar refractivity (Wildman–Crippen MR) is 87.3 cm³/mol. The Kier molecular flexibility index (Phi) is 4.53. The molecule has 3 N–H and O–H groups in total. The minimum Gasteiger partial charge on any atom is -0.398 e. The van der Waals surface area contributed by atoms with Gasteiger partial charge in [0.2, 0.25) is 0 Å². The zero-order valence-corrected chi connectivity index (χ0v) is 13.2. The highest BCUT2D eigenvalue weighted by Gasteiger charge is 2.06. The molecule has 5 heteroatoms. The number of hydrogen-bond donors (Lipinski definition) is 2. The first-order chi connectivity index (χ1) is 9.51. The van der Waals surface area contributed by atoms with Gasteiger partial charge in [-0.2, -0.15) is 5.26 Å². The number of nitriles is 1. The van der Waals surface area contributed by atoms with Crippen molar-refractivity contribution >= 4 is 44.6 Å². The molecule has 0 aromatic heterocycles. The molecule has 2 aromatic rings. The predicted octanol–water partition coefficient (Wildman–Crippen LogP) is 4.80. The maximum atomic E-state index is 8.78.